The fourth-order valence-electron chi connectivity index (χ4n) is 1.43. The van der Waals surface area contributed by atoms with Crippen LogP contribution in [0.2, 0.25) is 0 Å². The number of rotatable bonds is 5. The Bertz CT molecular complexity index is 434. The zero-order valence-corrected chi connectivity index (χ0v) is 12.1. The number of ether oxygens (including phenoxy) is 1. The molecule has 0 spiro atoms. The van der Waals surface area contributed by atoms with Crippen LogP contribution in [0.15, 0.2) is 24.3 Å². The van der Waals surface area contributed by atoms with E-state index in [-0.39, 0.29) is 11.9 Å². The Balaban J connectivity index is 2.48. The molecule has 0 aliphatic heterocycles. The summed E-state index contributed by atoms with van der Waals surface area (Å²) in [7, 11) is 1.61. The maximum Gasteiger partial charge on any atom is 0.242 e. The number of benzene rings is 1. The van der Waals surface area contributed by atoms with Gasteiger partial charge in [0.25, 0.3) is 0 Å². The Morgan fingerprint density at radius 2 is 2.00 bits per heavy atom. The molecule has 6 heteroatoms. The molecular formula is C13H19N3O2S. The summed E-state index contributed by atoms with van der Waals surface area (Å²) in [5.74, 6) is 0.696. The normalized spacial score (nSPS) is 11.3. The number of carbonyl (C=O) groups excluding carboxylic acids is 1. The highest BCUT2D eigenvalue weighted by Gasteiger charge is 2.12. The molecule has 1 amide bonds. The second-order valence-corrected chi connectivity index (χ2v) is 4.35. The summed E-state index contributed by atoms with van der Waals surface area (Å²) in [6.45, 7) is 4.23. The van der Waals surface area contributed by atoms with Gasteiger partial charge >= 0.3 is 0 Å². The van der Waals surface area contributed by atoms with Crippen LogP contribution in [0, 0.1) is 0 Å². The van der Waals surface area contributed by atoms with E-state index in [2.05, 4.69) is 16.0 Å². The molecule has 3 N–H and O–H groups in total. The van der Waals surface area contributed by atoms with Crippen molar-refractivity contribution in [3.05, 3.63) is 24.3 Å². The Labute approximate surface area is 118 Å². The first-order valence-electron chi connectivity index (χ1n) is 6.06. The quantitative estimate of drug-likeness (QED) is 0.714. The van der Waals surface area contributed by atoms with Gasteiger partial charge in [0.05, 0.1) is 7.11 Å². The van der Waals surface area contributed by atoms with Crippen molar-refractivity contribution in [3.63, 3.8) is 0 Å². The molecule has 0 saturated carbocycles. The monoisotopic (exact) mass is 281 g/mol. The molecule has 0 aliphatic rings. The van der Waals surface area contributed by atoms with Gasteiger partial charge in [-0.1, -0.05) is 0 Å². The molecule has 1 aromatic carbocycles. The van der Waals surface area contributed by atoms with Crippen LogP contribution >= 0.6 is 12.2 Å². The van der Waals surface area contributed by atoms with E-state index in [1.54, 1.807) is 14.0 Å². The number of amides is 1. The SMILES string of the molecule is CCNC(=O)[C@@H](C)NC(=S)Nc1ccc(OC)cc1. The predicted octanol–water partition coefficient (Wildman–Crippen LogP) is 1.51. The average molecular weight is 281 g/mol. The van der Waals surface area contributed by atoms with Crippen LogP contribution in [-0.2, 0) is 4.79 Å². The molecule has 0 bridgehead atoms. The molecule has 0 unspecified atom stereocenters. The third-order valence-corrected chi connectivity index (χ3v) is 2.66. The number of thiocarbonyl (C=S) groups is 1. The largest absolute Gasteiger partial charge is 0.497 e. The molecule has 1 aromatic rings. The highest BCUT2D eigenvalue weighted by atomic mass is 32.1. The number of hydrogen-bond donors (Lipinski definition) is 3. The van der Waals surface area contributed by atoms with Crippen molar-refractivity contribution in [2.45, 2.75) is 19.9 Å². The highest BCUT2D eigenvalue weighted by molar-refractivity contribution is 7.80. The first-order chi connectivity index (χ1) is 9.06. The van der Waals surface area contributed by atoms with Gasteiger partial charge in [-0.25, -0.2) is 0 Å². The van der Waals surface area contributed by atoms with Crippen molar-refractivity contribution in [1.29, 1.82) is 0 Å². The Kier molecular flexibility index (Phi) is 6.08. The third kappa shape index (κ3) is 5.13. The van der Waals surface area contributed by atoms with Crippen molar-refractivity contribution in [1.82, 2.24) is 10.6 Å². The molecule has 19 heavy (non-hydrogen) atoms. The number of anilines is 1. The van der Waals surface area contributed by atoms with Crippen LogP contribution in [0.5, 0.6) is 5.75 Å². The Morgan fingerprint density at radius 1 is 1.37 bits per heavy atom. The van der Waals surface area contributed by atoms with E-state index in [0.29, 0.717) is 11.7 Å². The molecule has 0 aliphatic carbocycles. The average Bonchev–Trinajstić information content (AvgIpc) is 2.39. The first kappa shape index (κ1) is 15.2. The first-order valence-corrected chi connectivity index (χ1v) is 6.47. The van der Waals surface area contributed by atoms with Gasteiger partial charge in [-0.15, -0.1) is 0 Å². The molecular weight excluding hydrogens is 262 g/mol. The van der Waals surface area contributed by atoms with E-state index in [1.165, 1.54) is 0 Å². The van der Waals surface area contributed by atoms with E-state index in [9.17, 15) is 4.79 Å². The van der Waals surface area contributed by atoms with Gasteiger partial charge in [0.15, 0.2) is 5.11 Å². The smallest absolute Gasteiger partial charge is 0.242 e. The molecule has 0 aromatic heterocycles. The van der Waals surface area contributed by atoms with Crippen molar-refractivity contribution < 1.29 is 9.53 Å². The van der Waals surface area contributed by atoms with Crippen molar-refractivity contribution in [3.8, 4) is 5.75 Å². The maximum atomic E-state index is 11.5. The van der Waals surface area contributed by atoms with Gasteiger partial charge in [0.2, 0.25) is 5.91 Å². The summed E-state index contributed by atoms with van der Waals surface area (Å²) in [4.78, 5) is 11.5. The fraction of sp³-hybridized carbons (Fsp3) is 0.385. The molecule has 5 nitrogen and oxygen atoms in total. The lowest BCUT2D eigenvalue weighted by molar-refractivity contribution is -0.122. The van der Waals surface area contributed by atoms with Crippen molar-refractivity contribution >= 4 is 28.9 Å². The zero-order chi connectivity index (χ0) is 14.3. The molecule has 1 rings (SSSR count). The van der Waals surface area contributed by atoms with E-state index < -0.39 is 0 Å². The van der Waals surface area contributed by atoms with Crippen LogP contribution < -0.4 is 20.7 Å². The van der Waals surface area contributed by atoms with Gasteiger partial charge in [-0.05, 0) is 50.3 Å². The lowest BCUT2D eigenvalue weighted by Gasteiger charge is -2.16. The van der Waals surface area contributed by atoms with Crippen molar-refractivity contribution in [2.75, 3.05) is 19.0 Å². The second-order valence-electron chi connectivity index (χ2n) is 3.94. The Hall–Kier alpha value is -1.82. The maximum absolute atomic E-state index is 11.5. The van der Waals surface area contributed by atoms with E-state index in [4.69, 9.17) is 17.0 Å². The minimum atomic E-state index is -0.377. The van der Waals surface area contributed by atoms with Gasteiger partial charge in [-0.3, -0.25) is 4.79 Å². The molecule has 0 fully saturated rings. The molecule has 0 heterocycles. The number of methoxy groups -OCH3 is 1. The molecule has 1 atom stereocenters. The number of hydrogen-bond acceptors (Lipinski definition) is 3. The zero-order valence-electron chi connectivity index (χ0n) is 11.3. The van der Waals surface area contributed by atoms with E-state index in [0.717, 1.165) is 11.4 Å². The summed E-state index contributed by atoms with van der Waals surface area (Å²) >= 11 is 5.14. The lowest BCUT2D eigenvalue weighted by Crippen LogP contribution is -2.46. The minimum Gasteiger partial charge on any atom is -0.497 e. The van der Waals surface area contributed by atoms with Crippen LogP contribution in [0.1, 0.15) is 13.8 Å². The molecule has 104 valence electrons. The van der Waals surface area contributed by atoms with Crippen LogP contribution in [-0.4, -0.2) is 30.7 Å². The Morgan fingerprint density at radius 3 is 2.53 bits per heavy atom. The van der Waals surface area contributed by atoms with Crippen LogP contribution in [0.3, 0.4) is 0 Å². The fourth-order valence-corrected chi connectivity index (χ4v) is 1.73. The number of carbonyl (C=O) groups is 1. The minimum absolute atomic E-state index is 0.0821. The topological polar surface area (TPSA) is 62.4 Å². The summed E-state index contributed by atoms with van der Waals surface area (Å²) in [5, 5.41) is 9.06. The van der Waals surface area contributed by atoms with Gasteiger partial charge in [0.1, 0.15) is 11.8 Å². The van der Waals surface area contributed by atoms with E-state index in [1.807, 2.05) is 31.2 Å². The van der Waals surface area contributed by atoms with Gasteiger partial charge < -0.3 is 20.7 Å². The van der Waals surface area contributed by atoms with E-state index >= 15 is 0 Å². The lowest BCUT2D eigenvalue weighted by atomic mass is 10.3. The van der Waals surface area contributed by atoms with Crippen LogP contribution in [0.4, 0.5) is 5.69 Å². The second kappa shape index (κ2) is 7.58. The number of nitrogens with one attached hydrogen (secondary N) is 3. The van der Waals surface area contributed by atoms with Gasteiger partial charge in [0, 0.05) is 12.2 Å². The molecule has 0 radical (unpaired) electrons. The summed E-state index contributed by atoms with van der Waals surface area (Å²) < 4.78 is 5.07. The standard InChI is InChI=1S/C13H19N3O2S/c1-4-14-12(17)9(2)15-13(19)16-10-5-7-11(18-3)8-6-10/h5-9H,4H2,1-3H3,(H,14,17)(H2,15,16,19)/t9-/m1/s1. The summed E-state index contributed by atoms with van der Waals surface area (Å²) in [6, 6.07) is 6.99. The highest BCUT2D eigenvalue weighted by Crippen LogP contribution is 2.14. The summed E-state index contributed by atoms with van der Waals surface area (Å²) in [5.41, 5.74) is 0.835. The number of likely N-dealkylation sites (N-methyl/N-ethyl adjacent to an activating group) is 1. The van der Waals surface area contributed by atoms with Crippen LogP contribution in [0.25, 0.3) is 0 Å². The predicted molar refractivity (Wildman–Crippen MR) is 80.5 cm³/mol. The summed E-state index contributed by atoms with van der Waals surface area (Å²) in [6.07, 6.45) is 0. The molecule has 0 saturated heterocycles. The third-order valence-electron chi connectivity index (χ3n) is 2.44. The van der Waals surface area contributed by atoms with Gasteiger partial charge in [-0.2, -0.15) is 0 Å². The van der Waals surface area contributed by atoms with Crippen molar-refractivity contribution in [2.24, 2.45) is 0 Å².